The van der Waals surface area contributed by atoms with Crippen molar-refractivity contribution in [3.8, 4) is 11.5 Å². The van der Waals surface area contributed by atoms with Crippen molar-refractivity contribution in [2.75, 3.05) is 5.32 Å². The minimum absolute atomic E-state index is 0.00628. The summed E-state index contributed by atoms with van der Waals surface area (Å²) in [5, 5.41) is 10.5. The fourth-order valence-corrected chi connectivity index (χ4v) is 2.87. The van der Waals surface area contributed by atoms with Crippen molar-refractivity contribution >= 4 is 34.0 Å². The second-order valence-corrected chi connectivity index (χ2v) is 6.20. The summed E-state index contributed by atoms with van der Waals surface area (Å²) in [5.41, 5.74) is 1.12. The summed E-state index contributed by atoms with van der Waals surface area (Å²) in [5.74, 6) is -1.44. The van der Waals surface area contributed by atoms with Crippen LogP contribution in [0.1, 0.15) is 10.4 Å². The largest absolute Gasteiger partial charge is 0.434 e. The minimum Gasteiger partial charge on any atom is -0.388 e. The van der Waals surface area contributed by atoms with Gasteiger partial charge in [0, 0.05) is 10.6 Å². The van der Waals surface area contributed by atoms with Crippen LogP contribution in [0.3, 0.4) is 0 Å². The Hall–Kier alpha value is -3.45. The number of aromatic nitrogens is 2. The molecule has 0 bridgehead atoms. The topological polar surface area (TPSA) is 88.0 Å². The monoisotopic (exact) mass is 383 g/mol. The van der Waals surface area contributed by atoms with Gasteiger partial charge in [0.05, 0.1) is 11.3 Å². The Kier molecular flexibility index (Phi) is 4.21. The number of halogens is 2. The van der Waals surface area contributed by atoms with E-state index >= 15 is 0 Å². The molecule has 1 amide bonds. The molecule has 0 atom stereocenters. The molecule has 2 N–H and O–H groups in total. The number of aromatic amines is 1. The van der Waals surface area contributed by atoms with E-state index in [2.05, 4.69) is 15.5 Å². The molecule has 27 heavy (non-hydrogen) atoms. The van der Waals surface area contributed by atoms with E-state index in [0.29, 0.717) is 27.2 Å². The minimum atomic E-state index is -0.719. The molecule has 4 aromatic rings. The Morgan fingerprint density at radius 1 is 1.07 bits per heavy atom. The molecule has 4 rings (SSSR count). The van der Waals surface area contributed by atoms with E-state index in [1.165, 1.54) is 18.2 Å². The van der Waals surface area contributed by atoms with Crippen molar-refractivity contribution in [2.45, 2.75) is 0 Å². The number of carbonyl (C=O) groups is 1. The molecule has 0 aliphatic heterocycles. The van der Waals surface area contributed by atoms with Gasteiger partial charge in [-0.25, -0.2) is 14.3 Å². The first kappa shape index (κ1) is 17.0. The van der Waals surface area contributed by atoms with E-state index in [0.717, 1.165) is 5.39 Å². The predicted octanol–water partition coefficient (Wildman–Crippen LogP) is 4.23. The summed E-state index contributed by atoms with van der Waals surface area (Å²) < 4.78 is 18.2. The maximum Gasteiger partial charge on any atom is 0.434 e. The van der Waals surface area contributed by atoms with Gasteiger partial charge in [-0.3, -0.25) is 4.79 Å². The molecule has 0 fully saturated rings. The summed E-state index contributed by atoms with van der Waals surface area (Å²) in [6.07, 6.45) is 0. The van der Waals surface area contributed by atoms with Gasteiger partial charge in [-0.2, -0.15) is 0 Å². The standard InChI is InChI=1S/C19H11ClFN3O3/c20-13-4-6-16(15(9-13)18-23-24-19(26)27-18)22-17(25)12-2-1-11-8-14(21)5-3-10(11)7-12/h1-9H,(H,22,25)(H,24,26). The molecule has 0 unspecified atom stereocenters. The second-order valence-electron chi connectivity index (χ2n) is 5.77. The highest BCUT2D eigenvalue weighted by atomic mass is 35.5. The van der Waals surface area contributed by atoms with Crippen LogP contribution in [0.15, 0.2) is 63.8 Å². The zero-order valence-corrected chi connectivity index (χ0v) is 14.4. The van der Waals surface area contributed by atoms with Crippen LogP contribution in [0, 0.1) is 5.82 Å². The van der Waals surface area contributed by atoms with E-state index in [4.69, 9.17) is 16.0 Å². The first-order chi connectivity index (χ1) is 13.0. The van der Waals surface area contributed by atoms with Gasteiger partial charge >= 0.3 is 5.76 Å². The molecule has 1 aromatic heterocycles. The Bertz CT molecular complexity index is 1230. The molecule has 0 spiro atoms. The Balaban J connectivity index is 1.69. The number of nitrogens with zero attached hydrogens (tertiary/aromatic N) is 1. The molecule has 3 aromatic carbocycles. The molecule has 134 valence electrons. The Morgan fingerprint density at radius 3 is 2.63 bits per heavy atom. The first-order valence-corrected chi connectivity index (χ1v) is 8.23. The molecule has 8 heteroatoms. The van der Waals surface area contributed by atoms with E-state index in [1.54, 1.807) is 36.4 Å². The summed E-state index contributed by atoms with van der Waals surface area (Å²) in [4.78, 5) is 23.9. The molecule has 6 nitrogen and oxygen atoms in total. The predicted molar refractivity (Wildman–Crippen MR) is 99.4 cm³/mol. The van der Waals surface area contributed by atoms with Crippen LogP contribution in [0.5, 0.6) is 0 Å². The van der Waals surface area contributed by atoms with Gasteiger partial charge in [-0.05, 0) is 53.2 Å². The third kappa shape index (κ3) is 3.45. The second kappa shape index (κ2) is 6.69. The maximum atomic E-state index is 13.3. The quantitative estimate of drug-likeness (QED) is 0.554. The van der Waals surface area contributed by atoms with Crippen molar-refractivity contribution < 1.29 is 13.6 Å². The molecule has 0 saturated carbocycles. The van der Waals surface area contributed by atoms with Gasteiger partial charge < -0.3 is 9.73 Å². The summed E-state index contributed by atoms with van der Waals surface area (Å²) >= 11 is 6.00. The van der Waals surface area contributed by atoms with Gasteiger partial charge in [0.2, 0.25) is 0 Å². The van der Waals surface area contributed by atoms with Crippen molar-refractivity contribution in [3.05, 3.63) is 81.6 Å². The third-order valence-corrected chi connectivity index (χ3v) is 4.20. The lowest BCUT2D eigenvalue weighted by Crippen LogP contribution is -2.12. The lowest BCUT2D eigenvalue weighted by Gasteiger charge is -2.10. The van der Waals surface area contributed by atoms with E-state index in [-0.39, 0.29) is 17.6 Å². The average Bonchev–Trinajstić information content (AvgIpc) is 3.09. The van der Waals surface area contributed by atoms with Crippen LogP contribution < -0.4 is 11.1 Å². The van der Waals surface area contributed by atoms with Crippen LogP contribution in [0.2, 0.25) is 5.02 Å². The van der Waals surface area contributed by atoms with Crippen molar-refractivity contribution in [3.63, 3.8) is 0 Å². The van der Waals surface area contributed by atoms with Gasteiger partial charge in [0.25, 0.3) is 11.8 Å². The zero-order chi connectivity index (χ0) is 19.0. The van der Waals surface area contributed by atoms with E-state index in [1.807, 2.05) is 0 Å². The Morgan fingerprint density at radius 2 is 1.85 bits per heavy atom. The summed E-state index contributed by atoms with van der Waals surface area (Å²) in [7, 11) is 0. The van der Waals surface area contributed by atoms with Gasteiger partial charge in [-0.15, -0.1) is 5.10 Å². The van der Waals surface area contributed by atoms with Crippen molar-refractivity contribution in [1.82, 2.24) is 10.2 Å². The molecular formula is C19H11ClFN3O3. The normalized spacial score (nSPS) is 10.9. The number of H-pyrrole nitrogens is 1. The molecule has 0 aliphatic carbocycles. The number of benzene rings is 3. The highest BCUT2D eigenvalue weighted by Gasteiger charge is 2.15. The smallest absolute Gasteiger partial charge is 0.388 e. The maximum absolute atomic E-state index is 13.3. The number of carbonyl (C=O) groups excluding carboxylic acids is 1. The summed E-state index contributed by atoms with van der Waals surface area (Å²) in [6.45, 7) is 0. The van der Waals surface area contributed by atoms with Crippen LogP contribution in [0.25, 0.3) is 22.2 Å². The van der Waals surface area contributed by atoms with Gasteiger partial charge in [-0.1, -0.05) is 23.7 Å². The fraction of sp³-hybridized carbons (Fsp3) is 0. The lowest BCUT2D eigenvalue weighted by molar-refractivity contribution is 0.102. The molecular weight excluding hydrogens is 373 g/mol. The highest BCUT2D eigenvalue weighted by molar-refractivity contribution is 6.31. The number of fused-ring (bicyclic) bond motifs is 1. The lowest BCUT2D eigenvalue weighted by atomic mass is 10.1. The molecule has 0 saturated heterocycles. The van der Waals surface area contributed by atoms with Crippen LogP contribution in [-0.2, 0) is 0 Å². The molecule has 0 aliphatic rings. The number of rotatable bonds is 3. The van der Waals surface area contributed by atoms with E-state index < -0.39 is 5.76 Å². The first-order valence-electron chi connectivity index (χ1n) is 7.86. The summed E-state index contributed by atoms with van der Waals surface area (Å²) in [6, 6.07) is 14.0. The number of nitrogens with one attached hydrogen (secondary N) is 2. The number of hydrogen-bond acceptors (Lipinski definition) is 4. The van der Waals surface area contributed by atoms with Crippen molar-refractivity contribution in [2.24, 2.45) is 0 Å². The van der Waals surface area contributed by atoms with Gasteiger partial charge in [0.15, 0.2) is 0 Å². The SMILES string of the molecule is O=C(Nc1ccc(Cl)cc1-c1n[nH]c(=O)o1)c1ccc2cc(F)ccc2c1. The number of amides is 1. The Labute approximate surface area is 156 Å². The molecule has 0 radical (unpaired) electrons. The van der Waals surface area contributed by atoms with Crippen LogP contribution in [-0.4, -0.2) is 16.1 Å². The van der Waals surface area contributed by atoms with E-state index in [9.17, 15) is 14.0 Å². The molecule has 1 heterocycles. The third-order valence-electron chi connectivity index (χ3n) is 3.96. The average molecular weight is 384 g/mol. The highest BCUT2D eigenvalue weighted by Crippen LogP contribution is 2.29. The number of hydrogen-bond donors (Lipinski definition) is 2. The van der Waals surface area contributed by atoms with Crippen LogP contribution >= 0.6 is 11.6 Å². The zero-order valence-electron chi connectivity index (χ0n) is 13.6. The fourth-order valence-electron chi connectivity index (χ4n) is 2.70. The van der Waals surface area contributed by atoms with Gasteiger partial charge in [0.1, 0.15) is 5.82 Å². The van der Waals surface area contributed by atoms with Crippen molar-refractivity contribution in [1.29, 1.82) is 0 Å². The number of anilines is 1. The van der Waals surface area contributed by atoms with Crippen LogP contribution in [0.4, 0.5) is 10.1 Å².